The van der Waals surface area contributed by atoms with Crippen LogP contribution >= 0.6 is 22.9 Å². The number of nitrogens with one attached hydrogen (secondary N) is 1. The normalized spacial score (nSPS) is 10.5. The molecule has 3 aromatic rings. The van der Waals surface area contributed by atoms with Gasteiger partial charge < -0.3 is 14.8 Å². The van der Waals surface area contributed by atoms with E-state index >= 15 is 0 Å². The molecular weight excluding hydrogens is 384 g/mol. The van der Waals surface area contributed by atoms with Crippen molar-refractivity contribution in [3.05, 3.63) is 68.6 Å². The Morgan fingerprint density at radius 2 is 1.93 bits per heavy atom. The summed E-state index contributed by atoms with van der Waals surface area (Å²) in [7, 11) is 1.54. The number of thiazole rings is 1. The maximum absolute atomic E-state index is 12.7. The Bertz CT molecular complexity index is 954. The molecule has 2 aromatic carbocycles. The van der Waals surface area contributed by atoms with Crippen molar-refractivity contribution in [2.75, 3.05) is 12.4 Å². The number of hydrogen-bond donors (Lipinski definition) is 1. The zero-order valence-electron chi connectivity index (χ0n) is 15.2. The van der Waals surface area contributed by atoms with E-state index < -0.39 is 0 Å². The van der Waals surface area contributed by atoms with Crippen molar-refractivity contribution >= 4 is 34.5 Å². The molecule has 1 heterocycles. The highest BCUT2D eigenvalue weighted by molar-refractivity contribution is 7.13. The lowest BCUT2D eigenvalue weighted by molar-refractivity contribution is 0.102. The number of benzene rings is 2. The van der Waals surface area contributed by atoms with Gasteiger partial charge in [-0.25, -0.2) is 4.98 Å². The number of carbonyl (C=O) groups is 1. The third-order valence-corrected chi connectivity index (χ3v) is 5.20. The van der Waals surface area contributed by atoms with Gasteiger partial charge in [0, 0.05) is 5.02 Å². The fourth-order valence-corrected chi connectivity index (χ4v) is 3.51. The summed E-state index contributed by atoms with van der Waals surface area (Å²) in [6, 6.07) is 12.9. The van der Waals surface area contributed by atoms with Gasteiger partial charge in [-0.3, -0.25) is 4.79 Å². The van der Waals surface area contributed by atoms with E-state index in [2.05, 4.69) is 10.3 Å². The summed E-state index contributed by atoms with van der Waals surface area (Å²) in [5.74, 6) is 1.05. The van der Waals surface area contributed by atoms with Crippen LogP contribution in [0.15, 0.2) is 42.5 Å². The zero-order chi connectivity index (χ0) is 19.4. The van der Waals surface area contributed by atoms with Crippen LogP contribution in [-0.2, 0) is 6.61 Å². The Balaban J connectivity index is 1.71. The molecule has 0 spiro atoms. The van der Waals surface area contributed by atoms with E-state index in [9.17, 15) is 4.79 Å². The zero-order valence-corrected chi connectivity index (χ0v) is 16.8. The molecule has 0 unspecified atom stereocenters. The summed E-state index contributed by atoms with van der Waals surface area (Å²) < 4.78 is 11.0. The Labute approximate surface area is 166 Å². The second kappa shape index (κ2) is 8.41. The standard InChI is InChI=1S/C20H19ClN2O3S/c1-12-4-7-15(8-5-12)26-11-18-22-13(2)19(27-18)20(24)23-16-10-14(21)6-9-17(16)25-3/h4-10H,11H2,1-3H3,(H,23,24). The average molecular weight is 403 g/mol. The first-order chi connectivity index (χ1) is 13.0. The molecule has 0 saturated heterocycles. The van der Waals surface area contributed by atoms with Gasteiger partial charge in [-0.1, -0.05) is 29.3 Å². The summed E-state index contributed by atoms with van der Waals surface area (Å²) in [4.78, 5) is 17.6. The van der Waals surface area contributed by atoms with Gasteiger partial charge in [0.1, 0.15) is 28.0 Å². The molecule has 1 amide bonds. The van der Waals surface area contributed by atoms with Crippen LogP contribution in [0.25, 0.3) is 0 Å². The summed E-state index contributed by atoms with van der Waals surface area (Å²) in [6.07, 6.45) is 0. The number of halogens is 1. The van der Waals surface area contributed by atoms with Crippen LogP contribution in [-0.4, -0.2) is 18.0 Å². The fourth-order valence-electron chi connectivity index (χ4n) is 2.46. The Kier molecular flexibility index (Phi) is 5.98. The lowest BCUT2D eigenvalue weighted by Crippen LogP contribution is -2.12. The van der Waals surface area contributed by atoms with Gasteiger partial charge in [0.2, 0.25) is 0 Å². The van der Waals surface area contributed by atoms with E-state index in [0.29, 0.717) is 33.6 Å². The molecule has 5 nitrogen and oxygen atoms in total. The molecule has 1 N–H and O–H groups in total. The van der Waals surface area contributed by atoms with Gasteiger partial charge >= 0.3 is 0 Å². The highest BCUT2D eigenvalue weighted by Gasteiger charge is 2.17. The first-order valence-corrected chi connectivity index (χ1v) is 9.46. The fraction of sp³-hybridized carbons (Fsp3) is 0.200. The smallest absolute Gasteiger partial charge is 0.267 e. The molecule has 3 rings (SSSR count). The van der Waals surface area contributed by atoms with Gasteiger partial charge in [-0.05, 0) is 44.2 Å². The van der Waals surface area contributed by atoms with Crippen molar-refractivity contribution in [1.82, 2.24) is 4.98 Å². The lowest BCUT2D eigenvalue weighted by Gasteiger charge is -2.10. The summed E-state index contributed by atoms with van der Waals surface area (Å²) in [5, 5.41) is 4.08. The van der Waals surface area contributed by atoms with Crippen LogP contribution in [0, 0.1) is 13.8 Å². The number of rotatable bonds is 6. The van der Waals surface area contributed by atoms with Crippen molar-refractivity contribution in [2.24, 2.45) is 0 Å². The summed E-state index contributed by atoms with van der Waals surface area (Å²) >= 11 is 7.32. The van der Waals surface area contributed by atoms with Gasteiger partial charge in [0.15, 0.2) is 0 Å². The van der Waals surface area contributed by atoms with Gasteiger partial charge in [0.25, 0.3) is 5.91 Å². The Morgan fingerprint density at radius 3 is 2.63 bits per heavy atom. The van der Waals surface area contributed by atoms with Crippen LogP contribution in [0.5, 0.6) is 11.5 Å². The minimum absolute atomic E-state index is 0.257. The molecule has 0 bridgehead atoms. The molecule has 0 radical (unpaired) electrons. The van der Waals surface area contributed by atoms with E-state index in [1.165, 1.54) is 24.0 Å². The molecule has 0 saturated carbocycles. The van der Waals surface area contributed by atoms with E-state index in [0.717, 1.165) is 10.8 Å². The molecule has 0 atom stereocenters. The maximum Gasteiger partial charge on any atom is 0.267 e. The second-order valence-electron chi connectivity index (χ2n) is 5.92. The van der Waals surface area contributed by atoms with Crippen molar-refractivity contribution in [2.45, 2.75) is 20.5 Å². The number of carbonyl (C=O) groups excluding carboxylic acids is 1. The van der Waals surface area contributed by atoms with Crippen molar-refractivity contribution in [3.8, 4) is 11.5 Å². The predicted molar refractivity (Wildman–Crippen MR) is 108 cm³/mol. The number of aryl methyl sites for hydroxylation is 2. The van der Waals surface area contributed by atoms with Crippen LogP contribution in [0.1, 0.15) is 25.9 Å². The second-order valence-corrected chi connectivity index (χ2v) is 7.44. The van der Waals surface area contributed by atoms with E-state index in [1.54, 1.807) is 25.1 Å². The minimum Gasteiger partial charge on any atom is -0.495 e. The van der Waals surface area contributed by atoms with E-state index in [4.69, 9.17) is 21.1 Å². The first kappa shape index (κ1) is 19.2. The van der Waals surface area contributed by atoms with Crippen LogP contribution < -0.4 is 14.8 Å². The van der Waals surface area contributed by atoms with E-state index in [-0.39, 0.29) is 5.91 Å². The number of aromatic nitrogens is 1. The highest BCUT2D eigenvalue weighted by atomic mass is 35.5. The van der Waals surface area contributed by atoms with Gasteiger partial charge in [0.05, 0.1) is 18.5 Å². The molecular formula is C20H19ClN2O3S. The number of nitrogens with zero attached hydrogens (tertiary/aromatic N) is 1. The maximum atomic E-state index is 12.7. The van der Waals surface area contributed by atoms with Crippen molar-refractivity contribution in [3.63, 3.8) is 0 Å². The quantitative estimate of drug-likeness (QED) is 0.611. The van der Waals surface area contributed by atoms with Crippen LogP contribution in [0.2, 0.25) is 5.02 Å². The average Bonchev–Trinajstić information content (AvgIpc) is 3.02. The highest BCUT2D eigenvalue weighted by Crippen LogP contribution is 2.29. The largest absolute Gasteiger partial charge is 0.495 e. The summed E-state index contributed by atoms with van der Waals surface area (Å²) in [5.41, 5.74) is 2.34. The molecule has 7 heteroatoms. The summed E-state index contributed by atoms with van der Waals surface area (Å²) in [6.45, 7) is 4.13. The van der Waals surface area contributed by atoms with Crippen molar-refractivity contribution in [1.29, 1.82) is 0 Å². The third kappa shape index (κ3) is 4.78. The van der Waals surface area contributed by atoms with E-state index in [1.807, 2.05) is 31.2 Å². The third-order valence-electron chi connectivity index (χ3n) is 3.84. The number of anilines is 1. The number of methoxy groups -OCH3 is 1. The Hall–Kier alpha value is -2.57. The molecule has 27 heavy (non-hydrogen) atoms. The SMILES string of the molecule is COc1ccc(Cl)cc1NC(=O)c1sc(COc2ccc(C)cc2)nc1C. The number of amides is 1. The Morgan fingerprint density at radius 1 is 1.19 bits per heavy atom. The molecule has 0 aliphatic rings. The van der Waals surface area contributed by atoms with Gasteiger partial charge in [-0.15, -0.1) is 11.3 Å². The lowest BCUT2D eigenvalue weighted by atomic mass is 10.2. The monoisotopic (exact) mass is 402 g/mol. The molecule has 0 aliphatic carbocycles. The molecule has 0 aliphatic heterocycles. The molecule has 0 fully saturated rings. The van der Waals surface area contributed by atoms with Crippen molar-refractivity contribution < 1.29 is 14.3 Å². The molecule has 1 aromatic heterocycles. The van der Waals surface area contributed by atoms with Gasteiger partial charge in [-0.2, -0.15) is 0 Å². The number of hydrogen-bond acceptors (Lipinski definition) is 5. The topological polar surface area (TPSA) is 60.5 Å². The predicted octanol–water partition coefficient (Wildman–Crippen LogP) is 5.25. The first-order valence-electron chi connectivity index (χ1n) is 8.27. The minimum atomic E-state index is -0.257. The molecule has 140 valence electrons. The van der Waals surface area contributed by atoms with Crippen LogP contribution in [0.4, 0.5) is 5.69 Å². The number of ether oxygens (including phenoxy) is 2. The van der Waals surface area contributed by atoms with Crippen LogP contribution in [0.3, 0.4) is 0 Å².